The zero-order chi connectivity index (χ0) is 20.4. The second-order valence-electron chi connectivity index (χ2n) is 6.36. The lowest BCUT2D eigenvalue weighted by Gasteiger charge is -2.16. The SMILES string of the molecule is COc1ccc(-n2c(O)c(-c3ccccc3)c(=O)n(-c3ccccc3)c2=O)cc1. The van der Waals surface area contributed by atoms with Crippen molar-refractivity contribution < 1.29 is 9.84 Å². The molecule has 6 nitrogen and oxygen atoms in total. The van der Waals surface area contributed by atoms with Gasteiger partial charge in [-0.2, -0.15) is 0 Å². The lowest BCUT2D eigenvalue weighted by molar-refractivity contribution is 0.414. The zero-order valence-electron chi connectivity index (χ0n) is 15.6. The first-order valence-electron chi connectivity index (χ1n) is 8.98. The van der Waals surface area contributed by atoms with Gasteiger partial charge in [0.1, 0.15) is 11.3 Å². The summed E-state index contributed by atoms with van der Waals surface area (Å²) in [5.74, 6) is 0.199. The number of hydrogen-bond donors (Lipinski definition) is 1. The highest BCUT2D eigenvalue weighted by molar-refractivity contribution is 5.69. The van der Waals surface area contributed by atoms with Crippen LogP contribution in [0.15, 0.2) is 94.5 Å². The van der Waals surface area contributed by atoms with Crippen molar-refractivity contribution in [1.82, 2.24) is 9.13 Å². The largest absolute Gasteiger partial charge is 0.497 e. The summed E-state index contributed by atoms with van der Waals surface area (Å²) >= 11 is 0. The zero-order valence-corrected chi connectivity index (χ0v) is 15.6. The van der Waals surface area contributed by atoms with Crippen LogP contribution in [0.25, 0.3) is 22.5 Å². The lowest BCUT2D eigenvalue weighted by Crippen LogP contribution is -2.38. The molecule has 1 N–H and O–H groups in total. The fraction of sp³-hybridized carbons (Fsp3) is 0.0435. The first kappa shape index (κ1) is 18.3. The van der Waals surface area contributed by atoms with E-state index in [1.54, 1.807) is 86.0 Å². The van der Waals surface area contributed by atoms with E-state index >= 15 is 0 Å². The van der Waals surface area contributed by atoms with E-state index in [0.717, 1.165) is 9.13 Å². The van der Waals surface area contributed by atoms with Gasteiger partial charge in [0.15, 0.2) is 0 Å². The third kappa shape index (κ3) is 3.21. The molecule has 0 radical (unpaired) electrons. The Labute approximate surface area is 166 Å². The number of aromatic hydroxyl groups is 1. The number of hydrogen-bond acceptors (Lipinski definition) is 4. The van der Waals surface area contributed by atoms with Gasteiger partial charge in [0, 0.05) is 0 Å². The maximum Gasteiger partial charge on any atom is 0.343 e. The molecule has 0 aliphatic heterocycles. The molecular formula is C23H18N2O4. The molecule has 29 heavy (non-hydrogen) atoms. The summed E-state index contributed by atoms with van der Waals surface area (Å²) in [6, 6.07) is 24.1. The first-order chi connectivity index (χ1) is 14.1. The summed E-state index contributed by atoms with van der Waals surface area (Å²) in [6.07, 6.45) is 0. The van der Waals surface area contributed by atoms with E-state index in [-0.39, 0.29) is 5.56 Å². The van der Waals surface area contributed by atoms with Crippen LogP contribution in [-0.4, -0.2) is 21.4 Å². The van der Waals surface area contributed by atoms with Gasteiger partial charge >= 0.3 is 5.69 Å². The Balaban J connectivity index is 2.10. The van der Waals surface area contributed by atoms with Crippen LogP contribution in [0, 0.1) is 0 Å². The molecule has 1 aromatic heterocycles. The van der Waals surface area contributed by atoms with E-state index in [4.69, 9.17) is 4.74 Å². The number of benzene rings is 3. The first-order valence-corrected chi connectivity index (χ1v) is 8.98. The molecule has 0 fully saturated rings. The Kier molecular flexibility index (Phi) is 4.75. The van der Waals surface area contributed by atoms with Gasteiger partial charge in [0.25, 0.3) is 5.56 Å². The Morgan fingerprint density at radius 3 is 1.86 bits per heavy atom. The summed E-state index contributed by atoms with van der Waals surface area (Å²) in [7, 11) is 1.54. The molecule has 4 aromatic rings. The molecule has 144 valence electrons. The molecule has 0 bridgehead atoms. The molecule has 6 heteroatoms. The van der Waals surface area contributed by atoms with Gasteiger partial charge in [-0.05, 0) is 42.0 Å². The minimum Gasteiger partial charge on any atom is -0.497 e. The Hall–Kier alpha value is -4.06. The number of aromatic nitrogens is 2. The molecule has 0 aliphatic rings. The van der Waals surface area contributed by atoms with Crippen molar-refractivity contribution in [2.45, 2.75) is 0 Å². The minimum atomic E-state index is -0.663. The molecule has 0 amide bonds. The maximum atomic E-state index is 13.3. The van der Waals surface area contributed by atoms with Crippen molar-refractivity contribution in [3.8, 4) is 34.1 Å². The smallest absolute Gasteiger partial charge is 0.343 e. The van der Waals surface area contributed by atoms with Gasteiger partial charge in [-0.25, -0.2) is 13.9 Å². The Morgan fingerprint density at radius 1 is 0.724 bits per heavy atom. The van der Waals surface area contributed by atoms with Crippen LogP contribution in [-0.2, 0) is 0 Å². The quantitative estimate of drug-likeness (QED) is 0.584. The van der Waals surface area contributed by atoms with Crippen LogP contribution in [0.4, 0.5) is 0 Å². The predicted octanol–water partition coefficient (Wildman–Crippen LogP) is 3.37. The van der Waals surface area contributed by atoms with E-state index in [0.29, 0.717) is 22.7 Å². The highest BCUT2D eigenvalue weighted by Gasteiger charge is 2.22. The molecule has 0 unspecified atom stereocenters. The third-order valence-corrected chi connectivity index (χ3v) is 4.64. The monoisotopic (exact) mass is 386 g/mol. The van der Waals surface area contributed by atoms with Crippen LogP contribution < -0.4 is 16.0 Å². The molecule has 0 atom stereocenters. The van der Waals surface area contributed by atoms with E-state index in [1.165, 1.54) is 0 Å². The number of nitrogens with zero attached hydrogens (tertiary/aromatic N) is 2. The van der Waals surface area contributed by atoms with Crippen molar-refractivity contribution in [3.05, 3.63) is 106 Å². The average Bonchev–Trinajstić information content (AvgIpc) is 2.76. The Bertz CT molecular complexity index is 1260. The second kappa shape index (κ2) is 7.52. The standard InChI is InChI=1S/C23H18N2O4/c1-29-19-14-12-18(13-15-19)25-22(27)20(16-8-4-2-5-9-16)21(26)24(23(25)28)17-10-6-3-7-11-17/h2-15,27H,1H3. The van der Waals surface area contributed by atoms with E-state index in [9.17, 15) is 14.7 Å². The van der Waals surface area contributed by atoms with Gasteiger partial charge in [-0.1, -0.05) is 48.5 Å². The highest BCUT2D eigenvalue weighted by atomic mass is 16.5. The molecule has 0 aliphatic carbocycles. The van der Waals surface area contributed by atoms with Gasteiger partial charge in [-0.15, -0.1) is 0 Å². The van der Waals surface area contributed by atoms with E-state index in [1.807, 2.05) is 6.07 Å². The van der Waals surface area contributed by atoms with Gasteiger partial charge in [0.2, 0.25) is 5.88 Å². The van der Waals surface area contributed by atoms with Crippen molar-refractivity contribution >= 4 is 0 Å². The van der Waals surface area contributed by atoms with Crippen LogP contribution in [0.1, 0.15) is 0 Å². The molecular weight excluding hydrogens is 368 g/mol. The number of rotatable bonds is 4. The summed E-state index contributed by atoms with van der Waals surface area (Å²) < 4.78 is 7.35. The minimum absolute atomic E-state index is 0.0462. The predicted molar refractivity (Wildman–Crippen MR) is 111 cm³/mol. The average molecular weight is 386 g/mol. The lowest BCUT2D eigenvalue weighted by atomic mass is 10.1. The number of methoxy groups -OCH3 is 1. The molecule has 0 spiro atoms. The summed E-state index contributed by atoms with van der Waals surface area (Å²) in [6.45, 7) is 0. The molecule has 1 heterocycles. The topological polar surface area (TPSA) is 73.5 Å². The van der Waals surface area contributed by atoms with Crippen molar-refractivity contribution in [2.75, 3.05) is 7.11 Å². The highest BCUT2D eigenvalue weighted by Crippen LogP contribution is 2.27. The summed E-state index contributed by atoms with van der Waals surface area (Å²) in [5.41, 5.74) is 0.141. The van der Waals surface area contributed by atoms with Gasteiger partial charge in [0.05, 0.1) is 18.5 Å². The molecule has 4 rings (SSSR count). The van der Waals surface area contributed by atoms with E-state index < -0.39 is 17.1 Å². The molecule has 3 aromatic carbocycles. The van der Waals surface area contributed by atoms with Crippen LogP contribution in [0.3, 0.4) is 0 Å². The second-order valence-corrected chi connectivity index (χ2v) is 6.36. The normalized spacial score (nSPS) is 10.7. The Morgan fingerprint density at radius 2 is 1.28 bits per heavy atom. The fourth-order valence-corrected chi connectivity index (χ4v) is 3.22. The fourth-order valence-electron chi connectivity index (χ4n) is 3.22. The summed E-state index contributed by atoms with van der Waals surface area (Å²) in [5, 5.41) is 11.0. The van der Waals surface area contributed by atoms with E-state index in [2.05, 4.69) is 0 Å². The van der Waals surface area contributed by atoms with Gasteiger partial charge in [-0.3, -0.25) is 4.79 Å². The van der Waals surface area contributed by atoms with Crippen molar-refractivity contribution in [2.24, 2.45) is 0 Å². The van der Waals surface area contributed by atoms with Crippen molar-refractivity contribution in [1.29, 1.82) is 0 Å². The van der Waals surface area contributed by atoms with Crippen LogP contribution >= 0.6 is 0 Å². The van der Waals surface area contributed by atoms with Crippen LogP contribution in [0.2, 0.25) is 0 Å². The third-order valence-electron chi connectivity index (χ3n) is 4.64. The number of ether oxygens (including phenoxy) is 1. The molecule has 0 saturated heterocycles. The molecule has 0 saturated carbocycles. The summed E-state index contributed by atoms with van der Waals surface area (Å²) in [4.78, 5) is 26.5. The van der Waals surface area contributed by atoms with Gasteiger partial charge < -0.3 is 9.84 Å². The maximum absolute atomic E-state index is 13.3. The van der Waals surface area contributed by atoms with Crippen LogP contribution in [0.5, 0.6) is 11.6 Å². The number of para-hydroxylation sites is 1. The van der Waals surface area contributed by atoms with Crippen molar-refractivity contribution in [3.63, 3.8) is 0 Å².